The number of sulfonamides is 1. The number of nitrogens with one attached hydrogen (secondary N) is 1. The first-order valence-electron chi connectivity index (χ1n) is 6.20. The van der Waals surface area contributed by atoms with Crippen molar-refractivity contribution < 1.29 is 12.8 Å². The highest BCUT2D eigenvalue weighted by Gasteiger charge is 2.27. The van der Waals surface area contributed by atoms with Crippen LogP contribution in [-0.4, -0.2) is 8.42 Å². The SMILES string of the molecule is Cc1oc(C)c(S(=O)(=O)NC(C)c2ccsc2)c1CN. The first-order valence-corrected chi connectivity index (χ1v) is 8.62. The summed E-state index contributed by atoms with van der Waals surface area (Å²) in [5.41, 5.74) is 7.11. The summed E-state index contributed by atoms with van der Waals surface area (Å²) in [4.78, 5) is 0.166. The summed E-state index contributed by atoms with van der Waals surface area (Å²) in [5, 5.41) is 3.84. The van der Waals surface area contributed by atoms with Crippen LogP contribution in [0.3, 0.4) is 0 Å². The van der Waals surface area contributed by atoms with Gasteiger partial charge in [0, 0.05) is 18.2 Å². The summed E-state index contributed by atoms with van der Waals surface area (Å²) in [5.74, 6) is 0.918. The first-order chi connectivity index (χ1) is 9.36. The third-order valence-corrected chi connectivity index (χ3v) is 5.61. The van der Waals surface area contributed by atoms with Crippen LogP contribution in [0.2, 0.25) is 0 Å². The zero-order chi connectivity index (χ0) is 14.9. The van der Waals surface area contributed by atoms with Crippen LogP contribution in [0.4, 0.5) is 0 Å². The average Bonchev–Trinajstić information content (AvgIpc) is 2.95. The highest BCUT2D eigenvalue weighted by atomic mass is 32.2. The van der Waals surface area contributed by atoms with Crippen LogP contribution in [0.1, 0.15) is 35.6 Å². The highest BCUT2D eigenvalue weighted by molar-refractivity contribution is 7.89. The van der Waals surface area contributed by atoms with Gasteiger partial charge in [-0.15, -0.1) is 0 Å². The molecule has 1 atom stereocenters. The van der Waals surface area contributed by atoms with Crippen molar-refractivity contribution in [2.45, 2.75) is 38.3 Å². The van der Waals surface area contributed by atoms with Crippen molar-refractivity contribution in [3.63, 3.8) is 0 Å². The lowest BCUT2D eigenvalue weighted by Crippen LogP contribution is -2.28. The van der Waals surface area contributed by atoms with E-state index in [0.717, 1.165) is 5.56 Å². The average molecular weight is 314 g/mol. The minimum absolute atomic E-state index is 0.131. The molecule has 0 saturated carbocycles. The fourth-order valence-electron chi connectivity index (χ4n) is 2.18. The maximum atomic E-state index is 12.5. The van der Waals surface area contributed by atoms with E-state index in [0.29, 0.717) is 17.1 Å². The summed E-state index contributed by atoms with van der Waals surface area (Å²) in [6.07, 6.45) is 0. The van der Waals surface area contributed by atoms with Crippen LogP contribution in [0.25, 0.3) is 0 Å². The normalized spacial score (nSPS) is 13.6. The second-order valence-corrected chi connectivity index (χ2v) is 7.06. The van der Waals surface area contributed by atoms with Gasteiger partial charge in [-0.2, -0.15) is 11.3 Å². The number of hydrogen-bond donors (Lipinski definition) is 2. The van der Waals surface area contributed by atoms with Crippen molar-refractivity contribution in [3.8, 4) is 0 Å². The van der Waals surface area contributed by atoms with E-state index in [9.17, 15) is 8.42 Å². The summed E-state index contributed by atoms with van der Waals surface area (Å²) < 4.78 is 33.1. The Morgan fingerprint density at radius 3 is 2.65 bits per heavy atom. The predicted molar refractivity (Wildman–Crippen MR) is 79.1 cm³/mol. The Hall–Kier alpha value is -1.15. The molecular weight excluding hydrogens is 296 g/mol. The predicted octanol–water partition coefficient (Wildman–Crippen LogP) is 2.46. The topological polar surface area (TPSA) is 85.3 Å². The van der Waals surface area contributed by atoms with Gasteiger partial charge < -0.3 is 10.2 Å². The van der Waals surface area contributed by atoms with Gasteiger partial charge in [-0.05, 0) is 43.2 Å². The van der Waals surface area contributed by atoms with Gasteiger partial charge in [-0.1, -0.05) is 0 Å². The Labute approximate surface area is 122 Å². The van der Waals surface area contributed by atoms with E-state index >= 15 is 0 Å². The molecule has 0 aliphatic heterocycles. The second kappa shape index (κ2) is 5.69. The monoisotopic (exact) mass is 314 g/mol. The highest BCUT2D eigenvalue weighted by Crippen LogP contribution is 2.27. The van der Waals surface area contributed by atoms with E-state index in [-0.39, 0.29) is 17.5 Å². The Bertz CT molecular complexity index is 688. The zero-order valence-electron chi connectivity index (χ0n) is 11.6. The van der Waals surface area contributed by atoms with Crippen molar-refractivity contribution in [1.29, 1.82) is 0 Å². The van der Waals surface area contributed by atoms with E-state index in [1.807, 2.05) is 23.8 Å². The van der Waals surface area contributed by atoms with Crippen LogP contribution < -0.4 is 10.5 Å². The summed E-state index contributed by atoms with van der Waals surface area (Å²) in [7, 11) is -3.66. The van der Waals surface area contributed by atoms with E-state index < -0.39 is 10.0 Å². The van der Waals surface area contributed by atoms with Crippen LogP contribution in [0, 0.1) is 13.8 Å². The molecule has 7 heteroatoms. The molecule has 3 N–H and O–H groups in total. The van der Waals surface area contributed by atoms with Gasteiger partial charge in [0.25, 0.3) is 0 Å². The van der Waals surface area contributed by atoms with Crippen molar-refractivity contribution in [2.75, 3.05) is 0 Å². The zero-order valence-corrected chi connectivity index (χ0v) is 13.3. The molecule has 0 fully saturated rings. The molecular formula is C13H18N2O3S2. The third kappa shape index (κ3) is 2.80. The molecule has 5 nitrogen and oxygen atoms in total. The molecule has 0 saturated heterocycles. The van der Waals surface area contributed by atoms with Gasteiger partial charge in [0.15, 0.2) is 0 Å². The smallest absolute Gasteiger partial charge is 0.244 e. The van der Waals surface area contributed by atoms with Crippen LogP contribution in [-0.2, 0) is 16.6 Å². The largest absolute Gasteiger partial charge is 0.465 e. The van der Waals surface area contributed by atoms with E-state index in [2.05, 4.69) is 4.72 Å². The summed E-state index contributed by atoms with van der Waals surface area (Å²) >= 11 is 1.53. The van der Waals surface area contributed by atoms with E-state index in [4.69, 9.17) is 10.2 Å². The molecule has 0 aliphatic carbocycles. The van der Waals surface area contributed by atoms with Crippen LogP contribution >= 0.6 is 11.3 Å². The Morgan fingerprint density at radius 1 is 1.40 bits per heavy atom. The number of aryl methyl sites for hydroxylation is 2. The fraction of sp³-hybridized carbons (Fsp3) is 0.385. The molecule has 110 valence electrons. The molecule has 0 aliphatic rings. The minimum atomic E-state index is -3.66. The maximum absolute atomic E-state index is 12.5. The van der Waals surface area contributed by atoms with Gasteiger partial charge in [0.2, 0.25) is 10.0 Å². The lowest BCUT2D eigenvalue weighted by molar-refractivity contribution is 0.493. The molecule has 2 aromatic rings. The van der Waals surface area contributed by atoms with Gasteiger partial charge in [0.05, 0.1) is 0 Å². The lowest BCUT2D eigenvalue weighted by Gasteiger charge is -2.13. The quantitative estimate of drug-likeness (QED) is 0.887. The molecule has 0 bridgehead atoms. The maximum Gasteiger partial charge on any atom is 0.244 e. The molecule has 20 heavy (non-hydrogen) atoms. The molecule has 2 rings (SSSR count). The molecule has 0 radical (unpaired) electrons. The Kier molecular flexibility index (Phi) is 4.33. The lowest BCUT2D eigenvalue weighted by atomic mass is 10.2. The van der Waals surface area contributed by atoms with Crippen LogP contribution in [0.15, 0.2) is 26.1 Å². The Morgan fingerprint density at radius 2 is 2.10 bits per heavy atom. The van der Waals surface area contributed by atoms with Crippen molar-refractivity contribution >= 4 is 21.4 Å². The van der Waals surface area contributed by atoms with Crippen molar-refractivity contribution in [2.24, 2.45) is 5.73 Å². The van der Waals surface area contributed by atoms with Crippen LogP contribution in [0.5, 0.6) is 0 Å². The second-order valence-electron chi connectivity index (χ2n) is 4.63. The number of rotatable bonds is 5. The third-order valence-electron chi connectivity index (χ3n) is 3.17. The van der Waals surface area contributed by atoms with Gasteiger partial charge in [0.1, 0.15) is 16.4 Å². The molecule has 0 spiro atoms. The van der Waals surface area contributed by atoms with Gasteiger partial charge in [-0.25, -0.2) is 13.1 Å². The van der Waals surface area contributed by atoms with Crippen molar-refractivity contribution in [3.05, 3.63) is 39.5 Å². The van der Waals surface area contributed by atoms with E-state index in [1.54, 1.807) is 13.8 Å². The molecule has 1 unspecified atom stereocenters. The summed E-state index contributed by atoms with van der Waals surface area (Å²) in [6, 6.07) is 1.60. The minimum Gasteiger partial charge on any atom is -0.465 e. The molecule has 2 heterocycles. The van der Waals surface area contributed by atoms with Gasteiger partial charge >= 0.3 is 0 Å². The molecule has 0 amide bonds. The number of thiophene rings is 1. The summed E-state index contributed by atoms with van der Waals surface area (Å²) in [6.45, 7) is 5.29. The molecule has 2 aromatic heterocycles. The Balaban J connectivity index is 2.36. The standard InChI is InChI=1S/C13H18N2O3S2/c1-8(11-4-5-19-7-11)15-20(16,17)13-10(3)18-9(2)12(13)6-14/h4-5,7-8,15H,6,14H2,1-3H3. The fourth-order valence-corrected chi connectivity index (χ4v) is 4.62. The first kappa shape index (κ1) is 15.2. The van der Waals surface area contributed by atoms with Crippen molar-refractivity contribution in [1.82, 2.24) is 4.72 Å². The molecule has 0 aromatic carbocycles. The van der Waals surface area contributed by atoms with Gasteiger partial charge in [-0.3, -0.25) is 0 Å². The van der Waals surface area contributed by atoms with E-state index in [1.165, 1.54) is 11.3 Å². The number of hydrogen-bond acceptors (Lipinski definition) is 5. The number of furan rings is 1. The number of nitrogens with two attached hydrogens (primary N) is 1.